The monoisotopic (exact) mass is 379 g/mol. The molecule has 2 aromatic heterocycles. The van der Waals surface area contributed by atoms with E-state index in [0.29, 0.717) is 30.5 Å². The number of hydrogen-bond donors (Lipinski definition) is 2. The number of nitrogens with zero attached hydrogens (tertiary/aromatic N) is 3. The van der Waals surface area contributed by atoms with E-state index >= 15 is 0 Å². The minimum absolute atomic E-state index is 0.118. The van der Waals surface area contributed by atoms with E-state index in [-0.39, 0.29) is 23.9 Å². The zero-order valence-corrected chi connectivity index (χ0v) is 15.9. The molecule has 2 aromatic rings. The molecule has 1 aliphatic rings. The first-order chi connectivity index (χ1) is 12.3. The lowest BCUT2D eigenvalue weighted by molar-refractivity contribution is -0.137. The summed E-state index contributed by atoms with van der Waals surface area (Å²) in [6.07, 6.45) is 4.51. The SMILES string of the molecule is CCCC(C)(N)C(=O)N1CCN(S(=O)(=O)c2c[nH]c3ncccc23)CC1. The van der Waals surface area contributed by atoms with Crippen LogP contribution in [0.15, 0.2) is 29.4 Å². The van der Waals surface area contributed by atoms with Crippen LogP contribution in [0.3, 0.4) is 0 Å². The predicted octanol–water partition coefficient (Wildman–Crippen LogP) is 0.913. The number of nitrogens with one attached hydrogen (secondary N) is 1. The number of H-pyrrole nitrogens is 1. The van der Waals surface area contributed by atoms with Crippen molar-refractivity contribution in [2.24, 2.45) is 5.73 Å². The number of piperazine rings is 1. The van der Waals surface area contributed by atoms with Gasteiger partial charge in [-0.2, -0.15) is 4.31 Å². The fraction of sp³-hybridized carbons (Fsp3) is 0.529. The van der Waals surface area contributed by atoms with Crippen LogP contribution in [0.5, 0.6) is 0 Å². The lowest BCUT2D eigenvalue weighted by Crippen LogP contribution is -2.58. The molecule has 0 bridgehead atoms. The summed E-state index contributed by atoms with van der Waals surface area (Å²) in [5.74, 6) is -0.118. The number of aromatic amines is 1. The van der Waals surface area contributed by atoms with Gasteiger partial charge in [-0.1, -0.05) is 13.3 Å². The first kappa shape index (κ1) is 18.8. The fourth-order valence-electron chi connectivity index (χ4n) is 3.40. The lowest BCUT2D eigenvalue weighted by atomic mass is 9.95. The standard InChI is InChI=1S/C17H25N5O3S/c1-3-6-17(2,18)16(23)21-8-10-22(11-9-21)26(24,25)14-12-20-15-13(14)5-4-7-19-15/h4-5,7,12H,3,6,8-11,18H2,1-2H3,(H,19,20). The smallest absolute Gasteiger partial charge is 0.245 e. The molecular weight excluding hydrogens is 354 g/mol. The van der Waals surface area contributed by atoms with Gasteiger partial charge >= 0.3 is 0 Å². The van der Waals surface area contributed by atoms with Gasteiger partial charge in [-0.15, -0.1) is 0 Å². The summed E-state index contributed by atoms with van der Waals surface area (Å²) in [6, 6.07) is 3.44. The molecule has 0 spiro atoms. The molecule has 1 saturated heterocycles. The number of nitrogens with two attached hydrogens (primary N) is 1. The molecule has 3 rings (SSSR count). The van der Waals surface area contributed by atoms with Gasteiger partial charge in [-0.05, 0) is 25.5 Å². The van der Waals surface area contributed by atoms with Crippen LogP contribution in [0.1, 0.15) is 26.7 Å². The Morgan fingerprint density at radius 2 is 2.04 bits per heavy atom. The maximum atomic E-state index is 13.0. The molecule has 1 aliphatic heterocycles. The highest BCUT2D eigenvalue weighted by atomic mass is 32.2. The molecule has 1 unspecified atom stereocenters. The van der Waals surface area contributed by atoms with E-state index in [9.17, 15) is 13.2 Å². The second-order valence-corrected chi connectivity index (χ2v) is 8.82. The van der Waals surface area contributed by atoms with Crippen LogP contribution in [0.4, 0.5) is 0 Å². The third-order valence-corrected chi connectivity index (χ3v) is 6.75. The first-order valence-electron chi connectivity index (χ1n) is 8.78. The Kier molecular flexibility index (Phi) is 5.05. The van der Waals surface area contributed by atoms with E-state index in [1.165, 1.54) is 10.5 Å². The number of pyridine rings is 1. The van der Waals surface area contributed by atoms with Gasteiger partial charge in [0.1, 0.15) is 10.5 Å². The Bertz CT molecular complexity index is 898. The Morgan fingerprint density at radius 1 is 1.35 bits per heavy atom. The molecule has 3 N–H and O–H groups in total. The molecule has 142 valence electrons. The largest absolute Gasteiger partial charge is 0.345 e. The van der Waals surface area contributed by atoms with Crippen molar-refractivity contribution >= 4 is 27.0 Å². The molecule has 1 amide bonds. The van der Waals surface area contributed by atoms with Crippen molar-refractivity contribution in [3.05, 3.63) is 24.5 Å². The van der Waals surface area contributed by atoms with Crippen LogP contribution in [-0.2, 0) is 14.8 Å². The van der Waals surface area contributed by atoms with Crippen LogP contribution in [0.2, 0.25) is 0 Å². The van der Waals surface area contributed by atoms with Crippen molar-refractivity contribution in [2.45, 2.75) is 37.1 Å². The topological polar surface area (TPSA) is 112 Å². The summed E-state index contributed by atoms with van der Waals surface area (Å²) >= 11 is 0. The van der Waals surface area contributed by atoms with Gasteiger partial charge in [0, 0.05) is 44.0 Å². The van der Waals surface area contributed by atoms with E-state index < -0.39 is 15.6 Å². The lowest BCUT2D eigenvalue weighted by Gasteiger charge is -2.37. The molecule has 1 fully saturated rings. The van der Waals surface area contributed by atoms with Crippen LogP contribution < -0.4 is 5.73 Å². The van der Waals surface area contributed by atoms with Gasteiger partial charge in [0.25, 0.3) is 0 Å². The number of carbonyl (C=O) groups excluding carboxylic acids is 1. The van der Waals surface area contributed by atoms with Gasteiger partial charge < -0.3 is 15.6 Å². The molecule has 3 heterocycles. The number of carbonyl (C=O) groups is 1. The minimum atomic E-state index is -3.65. The van der Waals surface area contributed by atoms with E-state index in [4.69, 9.17) is 5.73 Å². The molecule has 9 heteroatoms. The third-order valence-electron chi connectivity index (χ3n) is 4.81. The van der Waals surface area contributed by atoms with Gasteiger partial charge in [0.05, 0.1) is 5.54 Å². The minimum Gasteiger partial charge on any atom is -0.345 e. The van der Waals surface area contributed by atoms with Gasteiger partial charge in [-0.3, -0.25) is 4.79 Å². The normalized spacial score (nSPS) is 18.8. The number of aromatic nitrogens is 2. The van der Waals surface area contributed by atoms with Crippen molar-refractivity contribution in [3.63, 3.8) is 0 Å². The predicted molar refractivity (Wildman–Crippen MR) is 98.9 cm³/mol. The fourth-order valence-corrected chi connectivity index (χ4v) is 4.98. The molecule has 1 atom stereocenters. The van der Waals surface area contributed by atoms with Crippen molar-refractivity contribution in [1.82, 2.24) is 19.2 Å². The number of hydrogen-bond acceptors (Lipinski definition) is 5. The summed E-state index contributed by atoms with van der Waals surface area (Å²) in [5, 5.41) is 0.573. The highest BCUT2D eigenvalue weighted by Gasteiger charge is 2.36. The Balaban J connectivity index is 1.74. The Labute approximate surface area is 153 Å². The number of fused-ring (bicyclic) bond motifs is 1. The number of amides is 1. The average Bonchev–Trinajstić information content (AvgIpc) is 3.06. The van der Waals surface area contributed by atoms with Gasteiger partial charge in [-0.25, -0.2) is 13.4 Å². The van der Waals surface area contributed by atoms with Gasteiger partial charge in [0.2, 0.25) is 15.9 Å². The molecule has 8 nitrogen and oxygen atoms in total. The van der Waals surface area contributed by atoms with E-state index in [2.05, 4.69) is 9.97 Å². The molecule has 0 aromatic carbocycles. The summed E-state index contributed by atoms with van der Waals surface area (Å²) in [5.41, 5.74) is 5.76. The van der Waals surface area contributed by atoms with E-state index in [0.717, 1.165) is 6.42 Å². The molecule has 0 saturated carbocycles. The average molecular weight is 379 g/mol. The highest BCUT2D eigenvalue weighted by Crippen LogP contribution is 2.25. The molecule has 0 radical (unpaired) electrons. The second-order valence-electron chi connectivity index (χ2n) is 6.92. The quantitative estimate of drug-likeness (QED) is 0.802. The summed E-state index contributed by atoms with van der Waals surface area (Å²) in [6.45, 7) is 4.91. The van der Waals surface area contributed by atoms with E-state index in [1.807, 2.05) is 6.92 Å². The summed E-state index contributed by atoms with van der Waals surface area (Å²) < 4.78 is 27.4. The molecule has 26 heavy (non-hydrogen) atoms. The zero-order chi connectivity index (χ0) is 18.9. The number of sulfonamides is 1. The van der Waals surface area contributed by atoms with Crippen molar-refractivity contribution < 1.29 is 13.2 Å². The Morgan fingerprint density at radius 3 is 2.69 bits per heavy atom. The maximum absolute atomic E-state index is 13.0. The van der Waals surface area contributed by atoms with Crippen LogP contribution >= 0.6 is 0 Å². The zero-order valence-electron chi connectivity index (χ0n) is 15.1. The van der Waals surface area contributed by atoms with Crippen molar-refractivity contribution in [2.75, 3.05) is 26.2 Å². The Hall–Kier alpha value is -1.97. The second kappa shape index (κ2) is 6.98. The van der Waals surface area contributed by atoms with Crippen LogP contribution in [0, 0.1) is 0 Å². The van der Waals surface area contributed by atoms with Crippen molar-refractivity contribution in [3.8, 4) is 0 Å². The molecular formula is C17H25N5O3S. The van der Waals surface area contributed by atoms with E-state index in [1.54, 1.807) is 30.2 Å². The summed E-state index contributed by atoms with van der Waals surface area (Å²) in [7, 11) is -3.65. The third kappa shape index (κ3) is 3.34. The first-order valence-corrected chi connectivity index (χ1v) is 10.2. The summed E-state index contributed by atoms with van der Waals surface area (Å²) in [4.78, 5) is 21.5. The number of rotatable bonds is 5. The van der Waals surface area contributed by atoms with Gasteiger partial charge in [0.15, 0.2) is 0 Å². The van der Waals surface area contributed by atoms with Crippen molar-refractivity contribution in [1.29, 1.82) is 0 Å². The maximum Gasteiger partial charge on any atom is 0.245 e. The van der Waals surface area contributed by atoms with Crippen LogP contribution in [-0.4, -0.2) is 65.2 Å². The molecule has 0 aliphatic carbocycles. The highest BCUT2D eigenvalue weighted by molar-refractivity contribution is 7.89. The van der Waals surface area contributed by atoms with Crippen LogP contribution in [0.25, 0.3) is 11.0 Å².